The maximum Gasteiger partial charge on any atom is 0.224 e. The van der Waals surface area contributed by atoms with Crippen molar-refractivity contribution in [3.63, 3.8) is 0 Å². The second kappa shape index (κ2) is 6.70. The van der Waals surface area contributed by atoms with Crippen molar-refractivity contribution in [2.75, 3.05) is 5.32 Å². The number of carbonyl (C=O) groups is 1. The van der Waals surface area contributed by atoms with Gasteiger partial charge in [-0.15, -0.1) is 0 Å². The molecule has 3 N–H and O–H groups in total. The molecular weight excluding hydrogens is 278 g/mol. The molecule has 2 atom stereocenters. The Labute approximate surface area is 129 Å². The molecule has 0 radical (unpaired) electrons. The third-order valence-electron chi connectivity index (χ3n) is 4.19. The predicted octanol–water partition coefficient (Wildman–Crippen LogP) is 1.78. The second-order valence-corrected chi connectivity index (χ2v) is 5.90. The van der Waals surface area contributed by atoms with Gasteiger partial charge in [-0.1, -0.05) is 18.6 Å². The quantitative estimate of drug-likeness (QED) is 0.881. The van der Waals surface area contributed by atoms with Crippen molar-refractivity contribution in [3.05, 3.63) is 42.5 Å². The number of hydrogen-bond donors (Lipinski definition) is 2. The van der Waals surface area contributed by atoms with Crippen LogP contribution in [0.1, 0.15) is 31.2 Å². The van der Waals surface area contributed by atoms with Gasteiger partial charge in [0.2, 0.25) is 5.91 Å². The maximum absolute atomic E-state index is 12.1. The van der Waals surface area contributed by atoms with E-state index in [9.17, 15) is 4.79 Å². The van der Waals surface area contributed by atoms with E-state index in [0.29, 0.717) is 18.9 Å². The first-order valence-corrected chi connectivity index (χ1v) is 7.67. The lowest BCUT2D eigenvalue weighted by atomic mass is 10.00. The van der Waals surface area contributed by atoms with Gasteiger partial charge in [0, 0.05) is 18.2 Å². The van der Waals surface area contributed by atoms with Crippen LogP contribution in [0.25, 0.3) is 0 Å². The lowest BCUT2D eigenvalue weighted by Gasteiger charge is -2.15. The fourth-order valence-corrected chi connectivity index (χ4v) is 3.02. The fourth-order valence-electron chi connectivity index (χ4n) is 3.02. The summed E-state index contributed by atoms with van der Waals surface area (Å²) in [6, 6.07) is 7.98. The van der Waals surface area contributed by atoms with E-state index in [4.69, 9.17) is 5.73 Å². The van der Waals surface area contributed by atoms with E-state index in [-0.39, 0.29) is 11.9 Å². The lowest BCUT2D eigenvalue weighted by Crippen LogP contribution is -2.28. The third-order valence-corrected chi connectivity index (χ3v) is 4.19. The SMILES string of the molecule is N[C@@H]1CCC[C@H]1CC(=O)Nc1cccc(Cn2cncn2)c1. The Morgan fingerprint density at radius 1 is 1.41 bits per heavy atom. The van der Waals surface area contributed by atoms with Crippen molar-refractivity contribution in [2.24, 2.45) is 11.7 Å². The maximum atomic E-state index is 12.1. The van der Waals surface area contributed by atoms with E-state index >= 15 is 0 Å². The zero-order valence-corrected chi connectivity index (χ0v) is 12.5. The molecule has 0 spiro atoms. The highest BCUT2D eigenvalue weighted by atomic mass is 16.1. The van der Waals surface area contributed by atoms with Crippen LogP contribution >= 0.6 is 0 Å². The second-order valence-electron chi connectivity index (χ2n) is 5.90. The summed E-state index contributed by atoms with van der Waals surface area (Å²) in [5.41, 5.74) is 7.91. The minimum absolute atomic E-state index is 0.0419. The Bertz CT molecular complexity index is 625. The van der Waals surface area contributed by atoms with Gasteiger partial charge in [0.05, 0.1) is 6.54 Å². The highest BCUT2D eigenvalue weighted by Gasteiger charge is 2.25. The molecule has 0 unspecified atom stereocenters. The number of hydrogen-bond acceptors (Lipinski definition) is 4. The van der Waals surface area contributed by atoms with E-state index < -0.39 is 0 Å². The topological polar surface area (TPSA) is 85.8 Å². The molecule has 1 aliphatic carbocycles. The predicted molar refractivity (Wildman–Crippen MR) is 84.1 cm³/mol. The Hall–Kier alpha value is -2.21. The third kappa shape index (κ3) is 3.71. The molecule has 2 aromatic rings. The van der Waals surface area contributed by atoms with Crippen molar-refractivity contribution >= 4 is 11.6 Å². The zero-order chi connectivity index (χ0) is 15.4. The van der Waals surface area contributed by atoms with Gasteiger partial charge in [0.1, 0.15) is 12.7 Å². The largest absolute Gasteiger partial charge is 0.327 e. The molecule has 0 aliphatic heterocycles. The average molecular weight is 299 g/mol. The summed E-state index contributed by atoms with van der Waals surface area (Å²) in [4.78, 5) is 16.1. The van der Waals surface area contributed by atoms with Crippen molar-refractivity contribution in [2.45, 2.75) is 38.3 Å². The van der Waals surface area contributed by atoms with Gasteiger partial charge in [0.15, 0.2) is 0 Å². The molecule has 6 nitrogen and oxygen atoms in total. The number of nitrogens with two attached hydrogens (primary N) is 1. The molecular formula is C16H21N5O. The number of rotatable bonds is 5. The molecule has 1 fully saturated rings. The van der Waals surface area contributed by atoms with Crippen LogP contribution in [-0.2, 0) is 11.3 Å². The van der Waals surface area contributed by atoms with Crippen LogP contribution in [0.5, 0.6) is 0 Å². The van der Waals surface area contributed by atoms with Gasteiger partial charge in [-0.05, 0) is 36.5 Å². The van der Waals surface area contributed by atoms with Gasteiger partial charge in [0.25, 0.3) is 0 Å². The highest BCUT2D eigenvalue weighted by Crippen LogP contribution is 2.27. The van der Waals surface area contributed by atoms with E-state index in [1.807, 2.05) is 24.3 Å². The summed E-state index contributed by atoms with van der Waals surface area (Å²) in [6.45, 7) is 0.636. The number of anilines is 1. The molecule has 0 bridgehead atoms. The fraction of sp³-hybridized carbons (Fsp3) is 0.438. The average Bonchev–Trinajstić information content (AvgIpc) is 3.12. The number of nitrogens with one attached hydrogen (secondary N) is 1. The molecule has 1 aliphatic rings. The molecule has 0 saturated heterocycles. The number of nitrogens with zero attached hydrogens (tertiary/aromatic N) is 3. The van der Waals surface area contributed by atoms with Crippen molar-refractivity contribution in [1.29, 1.82) is 0 Å². The molecule has 116 valence electrons. The first kappa shape index (κ1) is 14.7. The van der Waals surface area contributed by atoms with Crippen molar-refractivity contribution in [1.82, 2.24) is 14.8 Å². The van der Waals surface area contributed by atoms with Crippen LogP contribution in [0.15, 0.2) is 36.9 Å². The lowest BCUT2D eigenvalue weighted by molar-refractivity contribution is -0.117. The summed E-state index contributed by atoms with van der Waals surface area (Å²) in [6.07, 6.45) is 6.91. The smallest absolute Gasteiger partial charge is 0.224 e. The van der Waals surface area contributed by atoms with E-state index in [1.54, 1.807) is 11.0 Å². The number of carbonyl (C=O) groups excluding carboxylic acids is 1. The Balaban J connectivity index is 1.59. The van der Waals surface area contributed by atoms with Crippen LogP contribution in [0.3, 0.4) is 0 Å². The summed E-state index contributed by atoms with van der Waals surface area (Å²) in [5, 5.41) is 7.05. The number of amides is 1. The molecule has 22 heavy (non-hydrogen) atoms. The minimum atomic E-state index is 0.0419. The first-order valence-electron chi connectivity index (χ1n) is 7.67. The molecule has 1 saturated carbocycles. The molecule has 1 aromatic carbocycles. The summed E-state index contributed by atoms with van der Waals surface area (Å²) in [5.74, 6) is 0.360. The van der Waals surface area contributed by atoms with Gasteiger partial charge >= 0.3 is 0 Å². The highest BCUT2D eigenvalue weighted by molar-refractivity contribution is 5.91. The summed E-state index contributed by atoms with van der Waals surface area (Å²) >= 11 is 0. The van der Waals surface area contributed by atoms with Gasteiger partial charge in [-0.3, -0.25) is 4.79 Å². The summed E-state index contributed by atoms with van der Waals surface area (Å²) in [7, 11) is 0. The normalized spacial score (nSPS) is 21.0. The van der Waals surface area contributed by atoms with Gasteiger partial charge in [-0.2, -0.15) is 5.10 Å². The van der Waals surface area contributed by atoms with E-state index in [1.165, 1.54) is 6.33 Å². The Kier molecular flexibility index (Phi) is 4.48. The molecule has 3 rings (SSSR count). The number of benzene rings is 1. The van der Waals surface area contributed by atoms with Crippen LogP contribution in [0.4, 0.5) is 5.69 Å². The van der Waals surface area contributed by atoms with Crippen LogP contribution in [-0.4, -0.2) is 26.7 Å². The molecule has 1 aromatic heterocycles. The molecule has 6 heteroatoms. The number of aromatic nitrogens is 3. The minimum Gasteiger partial charge on any atom is -0.327 e. The van der Waals surface area contributed by atoms with Crippen molar-refractivity contribution < 1.29 is 4.79 Å². The summed E-state index contributed by atoms with van der Waals surface area (Å²) < 4.78 is 1.75. The zero-order valence-electron chi connectivity index (χ0n) is 12.5. The Morgan fingerprint density at radius 2 is 2.32 bits per heavy atom. The molecule has 1 amide bonds. The standard InChI is InChI=1S/C16H21N5O/c17-15-6-2-4-13(15)8-16(22)20-14-5-1-3-12(7-14)9-21-11-18-10-19-21/h1,3,5,7,10-11,13,15H,2,4,6,8-9,17H2,(H,20,22)/t13-,15+/m0/s1. The first-order chi connectivity index (χ1) is 10.7. The van der Waals surface area contributed by atoms with Crippen LogP contribution < -0.4 is 11.1 Å². The van der Waals surface area contributed by atoms with Crippen molar-refractivity contribution in [3.8, 4) is 0 Å². The Morgan fingerprint density at radius 3 is 3.05 bits per heavy atom. The monoisotopic (exact) mass is 299 g/mol. The van der Waals surface area contributed by atoms with Crippen LogP contribution in [0.2, 0.25) is 0 Å². The van der Waals surface area contributed by atoms with E-state index in [2.05, 4.69) is 15.4 Å². The van der Waals surface area contributed by atoms with Gasteiger partial charge < -0.3 is 11.1 Å². The molecule has 1 heterocycles. The van der Waals surface area contributed by atoms with Crippen LogP contribution in [0, 0.1) is 5.92 Å². The van der Waals surface area contributed by atoms with Gasteiger partial charge in [-0.25, -0.2) is 9.67 Å². The van der Waals surface area contributed by atoms with E-state index in [0.717, 1.165) is 30.5 Å².